The molecule has 1 amide bonds. The Labute approximate surface area is 164 Å². The second kappa shape index (κ2) is 9.65. The SMILES string of the molecule is COc1cc(/C=C\C(=O)N[C@@H](C#N)c2cccc(Cl)c2)ccc1OC(C)C. The van der Waals surface area contributed by atoms with Gasteiger partial charge in [-0.2, -0.15) is 5.26 Å². The number of halogens is 1. The van der Waals surface area contributed by atoms with Gasteiger partial charge in [0.15, 0.2) is 11.5 Å². The zero-order valence-corrected chi connectivity index (χ0v) is 16.2. The van der Waals surface area contributed by atoms with E-state index in [1.807, 2.05) is 19.9 Å². The third-order valence-corrected chi connectivity index (χ3v) is 3.81. The highest BCUT2D eigenvalue weighted by atomic mass is 35.5. The normalized spacial score (nSPS) is 11.9. The van der Waals surface area contributed by atoms with Gasteiger partial charge in [0.05, 0.1) is 19.3 Å². The van der Waals surface area contributed by atoms with E-state index < -0.39 is 6.04 Å². The molecule has 1 atom stereocenters. The van der Waals surface area contributed by atoms with E-state index in [1.165, 1.54) is 6.08 Å². The van der Waals surface area contributed by atoms with E-state index in [9.17, 15) is 10.1 Å². The molecule has 0 radical (unpaired) electrons. The molecule has 140 valence electrons. The quantitative estimate of drug-likeness (QED) is 0.712. The maximum absolute atomic E-state index is 12.2. The Balaban J connectivity index is 2.08. The molecular formula is C21H21ClN2O3. The van der Waals surface area contributed by atoms with Crippen molar-refractivity contribution in [1.29, 1.82) is 5.26 Å². The van der Waals surface area contributed by atoms with E-state index in [0.717, 1.165) is 5.56 Å². The summed E-state index contributed by atoms with van der Waals surface area (Å²) in [7, 11) is 1.56. The molecule has 0 aliphatic carbocycles. The first-order valence-electron chi connectivity index (χ1n) is 8.41. The van der Waals surface area contributed by atoms with Gasteiger partial charge in [0.25, 0.3) is 0 Å². The minimum absolute atomic E-state index is 0.0282. The monoisotopic (exact) mass is 384 g/mol. The smallest absolute Gasteiger partial charge is 0.245 e. The zero-order chi connectivity index (χ0) is 19.8. The van der Waals surface area contributed by atoms with Crippen LogP contribution in [-0.2, 0) is 4.79 Å². The number of hydrogen-bond acceptors (Lipinski definition) is 4. The summed E-state index contributed by atoms with van der Waals surface area (Å²) in [5.41, 5.74) is 1.40. The molecule has 27 heavy (non-hydrogen) atoms. The van der Waals surface area contributed by atoms with Crippen LogP contribution in [0.1, 0.15) is 31.0 Å². The Morgan fingerprint density at radius 1 is 1.22 bits per heavy atom. The van der Waals surface area contributed by atoms with Crippen molar-refractivity contribution in [2.45, 2.75) is 26.0 Å². The Morgan fingerprint density at radius 2 is 2.00 bits per heavy atom. The molecule has 0 heterocycles. The summed E-state index contributed by atoms with van der Waals surface area (Å²) in [5.74, 6) is 0.836. The van der Waals surface area contributed by atoms with E-state index in [4.69, 9.17) is 21.1 Å². The molecule has 0 saturated carbocycles. The Bertz CT molecular complexity index is 872. The average molecular weight is 385 g/mol. The number of nitrogens with one attached hydrogen (secondary N) is 1. The molecule has 1 N–H and O–H groups in total. The van der Waals surface area contributed by atoms with Gasteiger partial charge in [-0.15, -0.1) is 0 Å². The number of amides is 1. The highest BCUT2D eigenvalue weighted by Crippen LogP contribution is 2.29. The van der Waals surface area contributed by atoms with Gasteiger partial charge in [0, 0.05) is 11.1 Å². The summed E-state index contributed by atoms with van der Waals surface area (Å²) < 4.78 is 11.0. The minimum atomic E-state index is -0.780. The summed E-state index contributed by atoms with van der Waals surface area (Å²) in [6.07, 6.45) is 3.04. The predicted molar refractivity (Wildman–Crippen MR) is 106 cm³/mol. The first kappa shape index (κ1) is 20.3. The molecule has 2 aromatic rings. The fourth-order valence-corrected chi connectivity index (χ4v) is 2.58. The van der Waals surface area contributed by atoms with E-state index in [1.54, 1.807) is 49.6 Å². The number of nitrogens with zero attached hydrogens (tertiary/aromatic N) is 1. The van der Waals surface area contributed by atoms with Gasteiger partial charge in [-0.1, -0.05) is 29.8 Å². The Hall–Kier alpha value is -2.97. The van der Waals surface area contributed by atoms with Crippen LogP contribution in [0.5, 0.6) is 11.5 Å². The lowest BCUT2D eigenvalue weighted by molar-refractivity contribution is -0.116. The van der Waals surface area contributed by atoms with Crippen molar-refractivity contribution in [3.63, 3.8) is 0 Å². The third kappa shape index (κ3) is 6.05. The van der Waals surface area contributed by atoms with Crippen molar-refractivity contribution in [3.05, 3.63) is 64.7 Å². The van der Waals surface area contributed by atoms with Gasteiger partial charge in [-0.25, -0.2) is 0 Å². The molecule has 0 spiro atoms. The molecule has 6 heteroatoms. The second-order valence-electron chi connectivity index (χ2n) is 6.04. The molecule has 0 fully saturated rings. The molecule has 5 nitrogen and oxygen atoms in total. The fourth-order valence-electron chi connectivity index (χ4n) is 2.38. The largest absolute Gasteiger partial charge is 0.493 e. The summed E-state index contributed by atoms with van der Waals surface area (Å²) in [4.78, 5) is 12.2. The number of rotatable bonds is 7. The first-order chi connectivity index (χ1) is 12.9. The van der Waals surface area contributed by atoms with Crippen LogP contribution < -0.4 is 14.8 Å². The molecule has 0 saturated heterocycles. The molecule has 2 aromatic carbocycles. The van der Waals surface area contributed by atoms with Gasteiger partial charge >= 0.3 is 0 Å². The lowest BCUT2D eigenvalue weighted by Crippen LogP contribution is -2.25. The molecular weight excluding hydrogens is 364 g/mol. The van der Waals surface area contributed by atoms with E-state index >= 15 is 0 Å². The van der Waals surface area contributed by atoms with Crippen molar-refractivity contribution in [1.82, 2.24) is 5.32 Å². The van der Waals surface area contributed by atoms with Crippen molar-refractivity contribution in [2.75, 3.05) is 7.11 Å². The van der Waals surface area contributed by atoms with E-state index in [2.05, 4.69) is 11.4 Å². The summed E-state index contributed by atoms with van der Waals surface area (Å²) in [6, 6.07) is 13.5. The van der Waals surface area contributed by atoms with Crippen molar-refractivity contribution < 1.29 is 14.3 Å². The average Bonchev–Trinajstić information content (AvgIpc) is 2.64. The van der Waals surface area contributed by atoms with Crippen LogP contribution in [0.15, 0.2) is 48.5 Å². The summed E-state index contributed by atoms with van der Waals surface area (Å²) in [5, 5.41) is 12.5. The number of benzene rings is 2. The number of carbonyl (C=O) groups is 1. The number of methoxy groups -OCH3 is 1. The van der Waals surface area contributed by atoms with Crippen molar-refractivity contribution in [2.24, 2.45) is 0 Å². The van der Waals surface area contributed by atoms with Gasteiger partial charge < -0.3 is 14.8 Å². The second-order valence-corrected chi connectivity index (χ2v) is 6.47. The number of nitriles is 1. The van der Waals surface area contributed by atoms with Crippen LogP contribution in [0.25, 0.3) is 6.08 Å². The highest BCUT2D eigenvalue weighted by molar-refractivity contribution is 6.30. The van der Waals surface area contributed by atoms with Crippen LogP contribution in [-0.4, -0.2) is 19.1 Å². The van der Waals surface area contributed by atoms with Crippen molar-refractivity contribution in [3.8, 4) is 17.6 Å². The van der Waals surface area contributed by atoms with Crippen LogP contribution in [0.4, 0.5) is 0 Å². The van der Waals surface area contributed by atoms with Crippen LogP contribution in [0, 0.1) is 11.3 Å². The van der Waals surface area contributed by atoms with Gasteiger partial charge in [-0.3, -0.25) is 4.79 Å². The number of ether oxygens (including phenoxy) is 2. The van der Waals surface area contributed by atoms with E-state index in [-0.39, 0.29) is 12.0 Å². The lowest BCUT2D eigenvalue weighted by Gasteiger charge is -2.13. The standard InChI is InChI=1S/C21H21ClN2O3/c1-14(2)27-19-9-7-15(11-20(19)26-3)8-10-21(25)24-18(13-23)16-5-4-6-17(22)12-16/h4-12,14,18H,1-3H3,(H,24,25)/b10-8-/t18-/m0/s1. The Kier molecular flexibility index (Phi) is 7.27. The maximum atomic E-state index is 12.2. The van der Waals surface area contributed by atoms with Gasteiger partial charge in [-0.05, 0) is 55.3 Å². The van der Waals surface area contributed by atoms with Crippen molar-refractivity contribution >= 4 is 23.6 Å². The zero-order valence-electron chi connectivity index (χ0n) is 15.4. The third-order valence-electron chi connectivity index (χ3n) is 3.58. The topological polar surface area (TPSA) is 71.3 Å². The molecule has 0 bridgehead atoms. The van der Waals surface area contributed by atoms with Crippen LogP contribution >= 0.6 is 11.6 Å². The molecule has 0 aliphatic rings. The highest BCUT2D eigenvalue weighted by Gasteiger charge is 2.12. The summed E-state index contributed by atoms with van der Waals surface area (Å²) in [6.45, 7) is 3.87. The number of hydrogen-bond donors (Lipinski definition) is 1. The Morgan fingerprint density at radius 3 is 2.63 bits per heavy atom. The minimum Gasteiger partial charge on any atom is -0.493 e. The molecule has 0 aromatic heterocycles. The van der Waals surface area contributed by atoms with Crippen LogP contribution in [0.3, 0.4) is 0 Å². The molecule has 2 rings (SSSR count). The summed E-state index contributed by atoms with van der Waals surface area (Å²) >= 11 is 5.94. The lowest BCUT2D eigenvalue weighted by atomic mass is 10.1. The fraction of sp³-hybridized carbons (Fsp3) is 0.238. The maximum Gasteiger partial charge on any atom is 0.245 e. The van der Waals surface area contributed by atoms with Gasteiger partial charge in [0.1, 0.15) is 6.04 Å². The van der Waals surface area contributed by atoms with E-state index in [0.29, 0.717) is 22.1 Å². The molecule has 0 aliphatic heterocycles. The van der Waals surface area contributed by atoms with Gasteiger partial charge in [0.2, 0.25) is 5.91 Å². The number of carbonyl (C=O) groups excluding carboxylic acids is 1. The molecule has 0 unspecified atom stereocenters. The predicted octanol–water partition coefficient (Wildman–Crippen LogP) is 4.53. The van der Waals surface area contributed by atoms with Crippen LogP contribution in [0.2, 0.25) is 5.02 Å². The first-order valence-corrected chi connectivity index (χ1v) is 8.79.